The molecule has 1 aliphatic heterocycles. The SMILES string of the molecule is CN(C)c1ncccc1C1CCCN1C(=O)C1CCCC(C(F)(F)F)C1. The highest BCUT2D eigenvalue weighted by Crippen LogP contribution is 2.43. The van der Waals surface area contributed by atoms with Crippen molar-refractivity contribution in [2.24, 2.45) is 11.8 Å². The fourth-order valence-electron chi connectivity index (χ4n) is 4.34. The third-order valence-electron chi connectivity index (χ3n) is 5.62. The summed E-state index contributed by atoms with van der Waals surface area (Å²) < 4.78 is 39.3. The van der Waals surface area contributed by atoms with Gasteiger partial charge in [-0.05, 0) is 38.2 Å². The van der Waals surface area contributed by atoms with Crippen LogP contribution in [0.25, 0.3) is 0 Å². The zero-order valence-electron chi connectivity index (χ0n) is 15.3. The van der Waals surface area contributed by atoms with E-state index in [2.05, 4.69) is 4.98 Å². The van der Waals surface area contributed by atoms with E-state index in [0.29, 0.717) is 19.4 Å². The lowest BCUT2D eigenvalue weighted by Gasteiger charge is -2.35. The second kappa shape index (κ2) is 7.45. The van der Waals surface area contributed by atoms with E-state index < -0.39 is 18.0 Å². The van der Waals surface area contributed by atoms with Crippen molar-refractivity contribution in [3.63, 3.8) is 0 Å². The molecule has 1 aliphatic carbocycles. The third kappa shape index (κ3) is 3.81. The standard InChI is InChI=1S/C19H26F3N3O/c1-24(2)17-15(8-4-10-23-17)16-9-5-11-25(16)18(26)13-6-3-7-14(12-13)19(20,21)22/h4,8,10,13-14,16H,3,5-7,9,11-12H2,1-2H3. The van der Waals surface area contributed by atoms with E-state index in [1.807, 2.05) is 31.1 Å². The van der Waals surface area contributed by atoms with E-state index >= 15 is 0 Å². The van der Waals surface area contributed by atoms with Gasteiger partial charge in [0, 0.05) is 38.3 Å². The Morgan fingerprint density at radius 2 is 2.00 bits per heavy atom. The molecule has 0 N–H and O–H groups in total. The van der Waals surface area contributed by atoms with Crippen LogP contribution in [0.15, 0.2) is 18.3 Å². The molecule has 1 saturated carbocycles. The van der Waals surface area contributed by atoms with Crippen LogP contribution >= 0.6 is 0 Å². The third-order valence-corrected chi connectivity index (χ3v) is 5.62. The average molecular weight is 369 g/mol. The average Bonchev–Trinajstić information content (AvgIpc) is 3.10. The summed E-state index contributed by atoms with van der Waals surface area (Å²) in [5, 5.41) is 0. The number of pyridine rings is 1. The van der Waals surface area contributed by atoms with Crippen molar-refractivity contribution in [3.8, 4) is 0 Å². The van der Waals surface area contributed by atoms with E-state index in [4.69, 9.17) is 0 Å². The number of rotatable bonds is 3. The van der Waals surface area contributed by atoms with Crippen molar-refractivity contribution < 1.29 is 18.0 Å². The van der Waals surface area contributed by atoms with Gasteiger partial charge in [-0.1, -0.05) is 12.5 Å². The van der Waals surface area contributed by atoms with Crippen LogP contribution in [-0.4, -0.2) is 42.6 Å². The van der Waals surface area contributed by atoms with Gasteiger partial charge in [0.15, 0.2) is 0 Å². The highest BCUT2D eigenvalue weighted by atomic mass is 19.4. The van der Waals surface area contributed by atoms with Gasteiger partial charge in [0.05, 0.1) is 12.0 Å². The zero-order chi connectivity index (χ0) is 18.9. The zero-order valence-corrected chi connectivity index (χ0v) is 15.3. The van der Waals surface area contributed by atoms with Crippen LogP contribution in [0.5, 0.6) is 0 Å². The Bertz CT molecular complexity index is 647. The molecule has 1 amide bonds. The van der Waals surface area contributed by atoms with Crippen LogP contribution in [0.3, 0.4) is 0 Å². The van der Waals surface area contributed by atoms with Gasteiger partial charge < -0.3 is 9.80 Å². The van der Waals surface area contributed by atoms with Gasteiger partial charge in [0.1, 0.15) is 5.82 Å². The minimum atomic E-state index is -4.20. The molecule has 3 rings (SSSR count). The fraction of sp³-hybridized carbons (Fsp3) is 0.684. The number of anilines is 1. The van der Waals surface area contributed by atoms with Crippen LogP contribution in [0.4, 0.5) is 19.0 Å². The lowest BCUT2D eigenvalue weighted by Crippen LogP contribution is -2.40. The topological polar surface area (TPSA) is 36.4 Å². The number of hydrogen-bond donors (Lipinski definition) is 0. The van der Waals surface area contributed by atoms with Crippen LogP contribution in [-0.2, 0) is 4.79 Å². The van der Waals surface area contributed by atoms with Crippen LogP contribution in [0.1, 0.15) is 50.1 Å². The van der Waals surface area contributed by atoms with Gasteiger partial charge in [0.25, 0.3) is 0 Å². The number of alkyl halides is 3. The molecule has 0 spiro atoms. The maximum Gasteiger partial charge on any atom is 0.391 e. The number of carbonyl (C=O) groups is 1. The number of aromatic nitrogens is 1. The molecule has 0 radical (unpaired) electrons. The highest BCUT2D eigenvalue weighted by molar-refractivity contribution is 5.80. The van der Waals surface area contributed by atoms with Gasteiger partial charge in [-0.3, -0.25) is 4.79 Å². The summed E-state index contributed by atoms with van der Waals surface area (Å²) in [6, 6.07) is 3.72. The van der Waals surface area contributed by atoms with Crippen molar-refractivity contribution in [1.82, 2.24) is 9.88 Å². The highest BCUT2D eigenvalue weighted by Gasteiger charge is 2.45. The summed E-state index contributed by atoms with van der Waals surface area (Å²) in [7, 11) is 3.81. The van der Waals surface area contributed by atoms with Crippen LogP contribution in [0, 0.1) is 11.8 Å². The lowest BCUT2D eigenvalue weighted by atomic mass is 9.80. The smallest absolute Gasteiger partial charge is 0.362 e. The van der Waals surface area contributed by atoms with Crippen molar-refractivity contribution >= 4 is 11.7 Å². The largest absolute Gasteiger partial charge is 0.391 e. The molecule has 26 heavy (non-hydrogen) atoms. The lowest BCUT2D eigenvalue weighted by molar-refractivity contribution is -0.187. The molecule has 4 nitrogen and oxygen atoms in total. The molecule has 1 aromatic heterocycles. The Labute approximate surface area is 152 Å². The van der Waals surface area contributed by atoms with Crippen LogP contribution in [0.2, 0.25) is 0 Å². The normalized spacial score (nSPS) is 26.8. The summed E-state index contributed by atoms with van der Waals surface area (Å²) in [6.07, 6.45) is 0.307. The van der Waals surface area contributed by atoms with E-state index in [-0.39, 0.29) is 24.8 Å². The van der Waals surface area contributed by atoms with E-state index in [1.165, 1.54) is 0 Å². The van der Waals surface area contributed by atoms with Gasteiger partial charge in [0.2, 0.25) is 5.91 Å². The number of likely N-dealkylation sites (tertiary alicyclic amines) is 1. The first kappa shape index (κ1) is 19.0. The number of halogens is 3. The summed E-state index contributed by atoms with van der Waals surface area (Å²) in [4.78, 5) is 21.2. The summed E-state index contributed by atoms with van der Waals surface area (Å²) in [6.45, 7) is 0.610. The molecule has 2 fully saturated rings. The second-order valence-electron chi connectivity index (χ2n) is 7.60. The first-order valence-electron chi connectivity index (χ1n) is 9.28. The van der Waals surface area contributed by atoms with Crippen molar-refractivity contribution in [3.05, 3.63) is 23.9 Å². The summed E-state index contributed by atoms with van der Waals surface area (Å²) >= 11 is 0. The Morgan fingerprint density at radius 3 is 2.69 bits per heavy atom. The molecule has 0 aromatic carbocycles. The molecule has 1 saturated heterocycles. The van der Waals surface area contributed by atoms with Crippen molar-refractivity contribution in [2.75, 3.05) is 25.5 Å². The first-order valence-corrected chi connectivity index (χ1v) is 9.28. The second-order valence-corrected chi connectivity index (χ2v) is 7.60. The number of nitrogens with zero attached hydrogens (tertiary/aromatic N) is 3. The Balaban J connectivity index is 1.79. The maximum absolute atomic E-state index is 13.1. The number of hydrogen-bond acceptors (Lipinski definition) is 3. The van der Waals surface area contributed by atoms with Gasteiger partial charge in [-0.2, -0.15) is 13.2 Å². The predicted molar refractivity (Wildman–Crippen MR) is 93.8 cm³/mol. The molecule has 0 bridgehead atoms. The molecule has 2 heterocycles. The molecular formula is C19H26F3N3O. The molecule has 7 heteroatoms. The molecule has 2 aliphatic rings. The predicted octanol–water partition coefficient (Wildman–Crippen LogP) is 4.18. The van der Waals surface area contributed by atoms with Gasteiger partial charge >= 0.3 is 6.18 Å². The quantitative estimate of drug-likeness (QED) is 0.802. The van der Waals surface area contributed by atoms with Crippen molar-refractivity contribution in [1.29, 1.82) is 0 Å². The Kier molecular flexibility index (Phi) is 5.44. The Morgan fingerprint density at radius 1 is 1.23 bits per heavy atom. The first-order chi connectivity index (χ1) is 12.3. The molecule has 3 atom stereocenters. The van der Waals surface area contributed by atoms with E-state index in [0.717, 1.165) is 24.2 Å². The fourth-order valence-corrected chi connectivity index (χ4v) is 4.34. The molecule has 1 aromatic rings. The minimum Gasteiger partial charge on any atom is -0.362 e. The summed E-state index contributed by atoms with van der Waals surface area (Å²) in [5.74, 6) is -1.17. The molecule has 144 valence electrons. The molecular weight excluding hydrogens is 343 g/mol. The Hall–Kier alpha value is -1.79. The monoisotopic (exact) mass is 369 g/mol. The maximum atomic E-state index is 13.1. The minimum absolute atomic E-state index is 0.0703. The molecule has 3 unspecified atom stereocenters. The van der Waals surface area contributed by atoms with E-state index in [1.54, 1.807) is 11.1 Å². The van der Waals surface area contributed by atoms with Gasteiger partial charge in [-0.25, -0.2) is 4.98 Å². The van der Waals surface area contributed by atoms with E-state index in [9.17, 15) is 18.0 Å². The van der Waals surface area contributed by atoms with Crippen molar-refractivity contribution in [2.45, 2.75) is 50.7 Å². The number of carbonyl (C=O) groups excluding carboxylic acids is 1. The summed E-state index contributed by atoms with van der Waals surface area (Å²) in [5.41, 5.74) is 0.978. The van der Waals surface area contributed by atoms with Crippen LogP contribution < -0.4 is 4.90 Å². The number of amides is 1. The van der Waals surface area contributed by atoms with Gasteiger partial charge in [-0.15, -0.1) is 0 Å².